The van der Waals surface area contributed by atoms with E-state index >= 15 is 0 Å². The van der Waals surface area contributed by atoms with Crippen molar-refractivity contribution in [1.82, 2.24) is 0 Å². The Kier molecular flexibility index (Phi) is 12.6. The second-order valence-corrected chi connectivity index (χ2v) is 19.3. The van der Waals surface area contributed by atoms with Crippen molar-refractivity contribution in [2.24, 2.45) is 17.8 Å². The van der Waals surface area contributed by atoms with E-state index in [2.05, 4.69) is 16.0 Å². The van der Waals surface area contributed by atoms with Gasteiger partial charge in [0.15, 0.2) is 17.3 Å². The van der Waals surface area contributed by atoms with E-state index in [4.69, 9.17) is 0 Å². The number of carbonyl (C=O) groups is 6. The molecule has 0 amide bonds. The molecule has 9 nitrogen and oxygen atoms in total. The van der Waals surface area contributed by atoms with Crippen molar-refractivity contribution in [3.63, 3.8) is 0 Å². The Morgan fingerprint density at radius 2 is 0.551 bits per heavy atom. The first-order valence-electron chi connectivity index (χ1n) is 24.7. The van der Waals surface area contributed by atoms with Crippen LogP contribution in [0.25, 0.3) is 0 Å². The Bertz CT molecular complexity index is 2620. The van der Waals surface area contributed by atoms with Gasteiger partial charge in [-0.05, 0) is 91.6 Å². The lowest BCUT2D eigenvalue weighted by molar-refractivity contribution is -0.126. The van der Waals surface area contributed by atoms with Gasteiger partial charge in [0.2, 0.25) is 0 Å². The highest BCUT2D eigenvalue weighted by Crippen LogP contribution is 2.50. The Hall–Kier alpha value is -7.26. The maximum absolute atomic E-state index is 13.3. The van der Waals surface area contributed by atoms with E-state index in [1.807, 2.05) is 164 Å². The smallest absolute Gasteiger partial charge is 0.195 e. The van der Waals surface area contributed by atoms with Gasteiger partial charge in [0.25, 0.3) is 0 Å². The lowest BCUT2D eigenvalue weighted by Crippen LogP contribution is -2.50. The minimum Gasteiger partial charge on any atom is -0.368 e. The van der Waals surface area contributed by atoms with Gasteiger partial charge in [-0.15, -0.1) is 0 Å². The van der Waals surface area contributed by atoms with Gasteiger partial charge in [-0.2, -0.15) is 0 Å². The van der Waals surface area contributed by atoms with Crippen LogP contribution >= 0.6 is 0 Å². The monoisotopic (exact) mass is 915 g/mol. The van der Waals surface area contributed by atoms with E-state index < -0.39 is 16.6 Å². The summed E-state index contributed by atoms with van der Waals surface area (Å²) >= 11 is 0. The number of hydrogen-bond acceptors (Lipinski definition) is 9. The van der Waals surface area contributed by atoms with Gasteiger partial charge < -0.3 is 16.0 Å². The number of para-hydroxylation sites is 3. The van der Waals surface area contributed by atoms with Crippen LogP contribution < -0.4 is 16.0 Å². The molecule has 3 fully saturated rings. The summed E-state index contributed by atoms with van der Waals surface area (Å²) in [5, 5.41) is 10.3. The SMILES string of the molecule is O=C1CCCC[C@H]1[C@@]1(c2ccccc2)Nc2ccccc2C1=O.O=C1CCCC[C@H]1[C@@]1(c2ccccc2)Nc2ccccc2C1=O.O=C1CCCC[C@H]1[C@@]1(c2ccccc2)Nc2ccccc2C1=O. The standard InChI is InChI=1S/3C20H19NO2/c3*22-18-13-7-5-11-16(18)20(14-8-2-1-3-9-14)19(23)15-10-4-6-12-17(15)21-20/h3*1-4,6,8-10,12,16,21H,5,7,11,13H2/t3*16-,20-/m111/s1. The fraction of sp³-hybridized carbons (Fsp3) is 0.300. The molecule has 3 aliphatic carbocycles. The van der Waals surface area contributed by atoms with Crippen LogP contribution in [0, 0.1) is 17.8 Å². The Balaban J connectivity index is 0.000000120. The zero-order valence-corrected chi connectivity index (χ0v) is 38.8. The summed E-state index contributed by atoms with van der Waals surface area (Å²) in [5.41, 5.74) is 4.41. The summed E-state index contributed by atoms with van der Waals surface area (Å²) in [5.74, 6) is -0.189. The molecule has 3 N–H and O–H groups in total. The van der Waals surface area contributed by atoms with E-state index in [0.29, 0.717) is 36.0 Å². The van der Waals surface area contributed by atoms with Gasteiger partial charge >= 0.3 is 0 Å². The Labute approximate surface area is 403 Å². The molecule has 6 aliphatic rings. The fourth-order valence-corrected chi connectivity index (χ4v) is 12.2. The van der Waals surface area contributed by atoms with Gasteiger partial charge in [0.1, 0.15) is 34.0 Å². The Morgan fingerprint density at radius 1 is 0.304 bits per heavy atom. The molecule has 0 spiro atoms. The van der Waals surface area contributed by atoms with Crippen LogP contribution in [0.2, 0.25) is 0 Å². The average molecular weight is 916 g/mol. The third kappa shape index (κ3) is 7.82. The zero-order valence-electron chi connectivity index (χ0n) is 38.8. The van der Waals surface area contributed by atoms with Crippen molar-refractivity contribution < 1.29 is 28.8 Å². The number of anilines is 3. The molecule has 0 bridgehead atoms. The molecule has 0 aromatic heterocycles. The van der Waals surface area contributed by atoms with Crippen molar-refractivity contribution in [1.29, 1.82) is 0 Å². The van der Waals surface area contributed by atoms with Crippen molar-refractivity contribution in [3.8, 4) is 0 Å². The highest BCUT2D eigenvalue weighted by molar-refractivity contribution is 6.18. The molecule has 3 saturated carbocycles. The van der Waals surface area contributed by atoms with Gasteiger partial charge in [-0.3, -0.25) is 28.8 Å². The number of ketones is 6. The molecule has 0 unspecified atom stereocenters. The third-order valence-electron chi connectivity index (χ3n) is 15.5. The lowest BCUT2D eigenvalue weighted by atomic mass is 9.68. The number of benzene rings is 6. The minimum atomic E-state index is -0.942. The fourth-order valence-electron chi connectivity index (χ4n) is 12.2. The van der Waals surface area contributed by atoms with Crippen molar-refractivity contribution in [2.45, 2.75) is 93.7 Å². The quantitative estimate of drug-likeness (QED) is 0.149. The molecule has 348 valence electrons. The van der Waals surface area contributed by atoms with Crippen LogP contribution in [0.3, 0.4) is 0 Å². The molecular weight excluding hydrogens is 859 g/mol. The summed E-state index contributed by atoms with van der Waals surface area (Å²) in [6, 6.07) is 51.9. The topological polar surface area (TPSA) is 139 Å². The Morgan fingerprint density at radius 3 is 0.797 bits per heavy atom. The molecule has 0 radical (unpaired) electrons. The molecular formula is C60H57N3O6. The first-order valence-corrected chi connectivity index (χ1v) is 24.7. The highest BCUT2D eigenvalue weighted by Gasteiger charge is 2.57. The van der Waals surface area contributed by atoms with Crippen LogP contribution in [0.15, 0.2) is 164 Å². The van der Waals surface area contributed by atoms with Crippen molar-refractivity contribution in [2.75, 3.05) is 16.0 Å². The molecule has 12 rings (SSSR count). The summed E-state index contributed by atoms with van der Waals surface area (Å²) in [6.45, 7) is 0. The maximum atomic E-state index is 13.3. The summed E-state index contributed by atoms with van der Waals surface area (Å²) in [6.07, 6.45) is 9.80. The predicted molar refractivity (Wildman–Crippen MR) is 268 cm³/mol. The second kappa shape index (κ2) is 19.0. The maximum Gasteiger partial charge on any atom is 0.195 e. The van der Waals surface area contributed by atoms with E-state index in [9.17, 15) is 28.8 Å². The molecule has 69 heavy (non-hydrogen) atoms. The summed E-state index contributed by atoms with van der Waals surface area (Å²) < 4.78 is 0. The van der Waals surface area contributed by atoms with Crippen LogP contribution in [0.1, 0.15) is 125 Å². The largest absolute Gasteiger partial charge is 0.368 e. The molecule has 6 atom stereocenters. The van der Waals surface area contributed by atoms with E-state index in [1.54, 1.807) is 0 Å². The van der Waals surface area contributed by atoms with Crippen LogP contribution in [-0.2, 0) is 31.0 Å². The number of nitrogens with one attached hydrogen (secondary N) is 3. The van der Waals surface area contributed by atoms with Gasteiger partial charge in [-0.25, -0.2) is 0 Å². The number of Topliss-reactive ketones (excluding diaryl/α,β-unsaturated/α-hetero) is 6. The number of carbonyl (C=O) groups excluding carboxylic acids is 6. The van der Waals surface area contributed by atoms with E-state index in [1.165, 1.54) is 0 Å². The summed E-state index contributed by atoms with van der Waals surface area (Å²) in [7, 11) is 0. The number of hydrogen-bond donors (Lipinski definition) is 3. The second-order valence-electron chi connectivity index (χ2n) is 19.3. The van der Waals surface area contributed by atoms with E-state index in [-0.39, 0.29) is 52.5 Å². The molecule has 3 heterocycles. The third-order valence-corrected chi connectivity index (χ3v) is 15.5. The average Bonchev–Trinajstić information content (AvgIpc) is 4.00. The predicted octanol–water partition coefficient (Wildman–Crippen LogP) is 11.8. The molecule has 6 aromatic carbocycles. The van der Waals surface area contributed by atoms with Crippen LogP contribution in [0.4, 0.5) is 17.1 Å². The first kappa shape index (κ1) is 45.5. The molecule has 9 heteroatoms. The van der Waals surface area contributed by atoms with Crippen molar-refractivity contribution >= 4 is 51.8 Å². The first-order chi connectivity index (χ1) is 33.7. The molecule has 3 aliphatic heterocycles. The number of rotatable bonds is 6. The molecule has 6 aromatic rings. The van der Waals surface area contributed by atoms with E-state index in [0.717, 1.165) is 91.5 Å². The van der Waals surface area contributed by atoms with Crippen LogP contribution in [0.5, 0.6) is 0 Å². The zero-order chi connectivity index (χ0) is 47.6. The van der Waals surface area contributed by atoms with Crippen molar-refractivity contribution in [3.05, 3.63) is 197 Å². The molecule has 0 saturated heterocycles. The van der Waals surface area contributed by atoms with Gasteiger partial charge in [-0.1, -0.05) is 147 Å². The van der Waals surface area contributed by atoms with Gasteiger partial charge in [0, 0.05) is 53.0 Å². The van der Waals surface area contributed by atoms with Gasteiger partial charge in [0.05, 0.1) is 17.8 Å². The highest BCUT2D eigenvalue weighted by atomic mass is 16.2. The number of fused-ring (bicyclic) bond motifs is 3. The minimum absolute atomic E-state index is 0.0274. The lowest BCUT2D eigenvalue weighted by Gasteiger charge is -2.38. The van der Waals surface area contributed by atoms with Crippen LogP contribution in [-0.4, -0.2) is 34.7 Å². The summed E-state index contributed by atoms with van der Waals surface area (Å²) in [4.78, 5) is 78.0. The normalized spacial score (nSPS) is 26.7.